The van der Waals surface area contributed by atoms with Crippen LogP contribution in [0.1, 0.15) is 36.0 Å². The van der Waals surface area contributed by atoms with E-state index >= 15 is 0 Å². The van der Waals surface area contributed by atoms with Crippen LogP contribution in [0.15, 0.2) is 45.5 Å². The van der Waals surface area contributed by atoms with Crippen molar-refractivity contribution in [2.75, 3.05) is 13.7 Å². The molecule has 1 aromatic heterocycles. The fourth-order valence-electron chi connectivity index (χ4n) is 2.25. The average Bonchev–Trinajstić information content (AvgIpc) is 2.94. The lowest BCUT2D eigenvalue weighted by molar-refractivity contribution is 0.0668. The molecule has 0 fully saturated rings. The summed E-state index contributed by atoms with van der Waals surface area (Å²) in [7, 11) is 1.63. The van der Waals surface area contributed by atoms with E-state index in [1.165, 1.54) is 0 Å². The molecule has 4 nitrogen and oxygen atoms in total. The smallest absolute Gasteiger partial charge is 0.290 e. The van der Waals surface area contributed by atoms with Gasteiger partial charge in [0.1, 0.15) is 5.75 Å². The van der Waals surface area contributed by atoms with E-state index in [1.807, 2.05) is 38.1 Å². The maximum atomic E-state index is 12.5. The van der Waals surface area contributed by atoms with Crippen LogP contribution in [0, 0.1) is 0 Å². The molecule has 0 saturated heterocycles. The van der Waals surface area contributed by atoms with Crippen molar-refractivity contribution in [3.8, 4) is 5.75 Å². The number of ether oxygens (including phenoxy) is 1. The average molecular weight is 352 g/mol. The zero-order valence-corrected chi connectivity index (χ0v) is 13.9. The summed E-state index contributed by atoms with van der Waals surface area (Å²) < 4.78 is 11.2. The van der Waals surface area contributed by atoms with E-state index < -0.39 is 0 Å². The van der Waals surface area contributed by atoms with E-state index in [-0.39, 0.29) is 11.9 Å². The number of carbonyl (C=O) groups is 1. The fraction of sp³-hybridized carbons (Fsp3) is 0.312. The van der Waals surface area contributed by atoms with E-state index in [4.69, 9.17) is 9.15 Å². The normalized spacial score (nSPS) is 12.0. The summed E-state index contributed by atoms with van der Waals surface area (Å²) in [6, 6.07) is 11.1. The molecule has 0 aliphatic rings. The quantitative estimate of drug-likeness (QED) is 0.807. The van der Waals surface area contributed by atoms with Crippen LogP contribution >= 0.6 is 15.9 Å². The van der Waals surface area contributed by atoms with Gasteiger partial charge in [-0.05, 0) is 59.6 Å². The molecule has 0 bridgehead atoms. The number of methoxy groups -OCH3 is 1. The molecule has 2 rings (SSSR count). The van der Waals surface area contributed by atoms with Crippen LogP contribution in [0.25, 0.3) is 0 Å². The highest BCUT2D eigenvalue weighted by atomic mass is 79.9. The molecule has 0 aliphatic heterocycles. The van der Waals surface area contributed by atoms with Gasteiger partial charge in [-0.15, -0.1) is 0 Å². The molecule has 2 aromatic rings. The van der Waals surface area contributed by atoms with Crippen LogP contribution in [0.2, 0.25) is 0 Å². The summed E-state index contributed by atoms with van der Waals surface area (Å²) in [6.45, 7) is 4.54. The minimum absolute atomic E-state index is 0.0681. The number of nitrogens with zero attached hydrogens (tertiary/aromatic N) is 1. The van der Waals surface area contributed by atoms with Crippen molar-refractivity contribution in [3.05, 3.63) is 52.4 Å². The molecular formula is C16H18BrNO3. The highest BCUT2D eigenvalue weighted by Crippen LogP contribution is 2.26. The zero-order valence-electron chi connectivity index (χ0n) is 12.3. The predicted octanol–water partition coefficient (Wildman–Crippen LogP) is 4.27. The maximum Gasteiger partial charge on any atom is 0.290 e. The number of benzene rings is 1. The Morgan fingerprint density at radius 2 is 2.14 bits per heavy atom. The first-order valence-electron chi connectivity index (χ1n) is 6.77. The van der Waals surface area contributed by atoms with E-state index in [1.54, 1.807) is 24.1 Å². The lowest BCUT2D eigenvalue weighted by Crippen LogP contribution is -2.33. The van der Waals surface area contributed by atoms with E-state index in [9.17, 15) is 4.79 Å². The molecule has 21 heavy (non-hydrogen) atoms. The molecule has 1 heterocycles. The second-order valence-corrected chi connectivity index (χ2v) is 5.43. The highest BCUT2D eigenvalue weighted by molar-refractivity contribution is 9.10. The number of carbonyl (C=O) groups excluding carboxylic acids is 1. The van der Waals surface area contributed by atoms with Gasteiger partial charge in [-0.2, -0.15) is 0 Å². The van der Waals surface area contributed by atoms with Gasteiger partial charge in [0.25, 0.3) is 5.91 Å². The highest BCUT2D eigenvalue weighted by Gasteiger charge is 2.23. The molecule has 0 aliphatic carbocycles. The summed E-state index contributed by atoms with van der Waals surface area (Å²) in [5, 5.41) is 0. The Bertz CT molecular complexity index is 623. The fourth-order valence-corrected chi connectivity index (χ4v) is 2.55. The zero-order chi connectivity index (χ0) is 15.4. The number of hydrogen-bond acceptors (Lipinski definition) is 3. The van der Waals surface area contributed by atoms with E-state index in [2.05, 4.69) is 15.9 Å². The Kier molecular flexibility index (Phi) is 5.07. The van der Waals surface area contributed by atoms with Crippen LogP contribution in [-0.4, -0.2) is 24.5 Å². The summed E-state index contributed by atoms with van der Waals surface area (Å²) >= 11 is 3.22. The van der Waals surface area contributed by atoms with Gasteiger partial charge >= 0.3 is 0 Å². The van der Waals surface area contributed by atoms with Crippen LogP contribution in [0.5, 0.6) is 5.75 Å². The molecule has 0 N–H and O–H groups in total. The number of hydrogen-bond donors (Lipinski definition) is 0. The molecule has 1 amide bonds. The first kappa shape index (κ1) is 15.6. The Balaban J connectivity index is 2.25. The largest absolute Gasteiger partial charge is 0.497 e. The molecule has 5 heteroatoms. The first-order chi connectivity index (χ1) is 10.1. The van der Waals surface area contributed by atoms with E-state index in [0.29, 0.717) is 17.0 Å². The number of halogens is 1. The summed E-state index contributed by atoms with van der Waals surface area (Å²) in [6.07, 6.45) is 0. The first-order valence-corrected chi connectivity index (χ1v) is 7.56. The van der Waals surface area contributed by atoms with Gasteiger partial charge in [0.15, 0.2) is 10.4 Å². The third kappa shape index (κ3) is 3.47. The van der Waals surface area contributed by atoms with Crippen LogP contribution < -0.4 is 4.74 Å². The van der Waals surface area contributed by atoms with Gasteiger partial charge in [-0.25, -0.2) is 0 Å². The third-order valence-electron chi connectivity index (χ3n) is 3.43. The van der Waals surface area contributed by atoms with Gasteiger partial charge in [0.05, 0.1) is 13.2 Å². The van der Waals surface area contributed by atoms with Crippen molar-refractivity contribution < 1.29 is 13.9 Å². The molecule has 112 valence electrons. The SMILES string of the molecule is CCN(C(=O)c1ccc(Br)o1)C(C)c1cccc(OC)c1. The van der Waals surface area contributed by atoms with Gasteiger partial charge in [-0.3, -0.25) is 4.79 Å². The molecule has 0 spiro atoms. The van der Waals surface area contributed by atoms with Crippen molar-refractivity contribution in [1.29, 1.82) is 0 Å². The van der Waals surface area contributed by atoms with Crippen LogP contribution in [-0.2, 0) is 0 Å². The monoisotopic (exact) mass is 351 g/mol. The Morgan fingerprint density at radius 1 is 1.38 bits per heavy atom. The standard InChI is InChI=1S/C16H18BrNO3/c1-4-18(16(19)14-8-9-15(17)21-14)11(2)12-6-5-7-13(10-12)20-3/h5-11H,4H2,1-3H3. The summed E-state index contributed by atoms with van der Waals surface area (Å²) in [4.78, 5) is 14.3. The van der Waals surface area contributed by atoms with Crippen LogP contribution in [0.3, 0.4) is 0 Å². The molecule has 1 aromatic carbocycles. The Hall–Kier alpha value is -1.75. The maximum absolute atomic E-state index is 12.5. The van der Waals surface area contributed by atoms with Gasteiger partial charge in [0, 0.05) is 6.54 Å². The molecule has 1 atom stereocenters. The third-order valence-corrected chi connectivity index (χ3v) is 3.86. The van der Waals surface area contributed by atoms with Crippen molar-refractivity contribution >= 4 is 21.8 Å². The van der Waals surface area contributed by atoms with Crippen molar-refractivity contribution in [2.24, 2.45) is 0 Å². The predicted molar refractivity (Wildman–Crippen MR) is 84.5 cm³/mol. The van der Waals surface area contributed by atoms with Crippen molar-refractivity contribution in [1.82, 2.24) is 4.90 Å². The van der Waals surface area contributed by atoms with Crippen molar-refractivity contribution in [2.45, 2.75) is 19.9 Å². The summed E-state index contributed by atoms with van der Waals surface area (Å²) in [5.74, 6) is 0.987. The minimum atomic E-state index is -0.126. The van der Waals surface area contributed by atoms with Gasteiger partial charge in [-0.1, -0.05) is 12.1 Å². The lowest BCUT2D eigenvalue weighted by atomic mass is 10.1. The van der Waals surface area contributed by atoms with Gasteiger partial charge < -0.3 is 14.1 Å². The Morgan fingerprint density at radius 3 is 2.71 bits per heavy atom. The Labute approximate surface area is 132 Å². The molecular weight excluding hydrogens is 334 g/mol. The number of amides is 1. The van der Waals surface area contributed by atoms with E-state index in [0.717, 1.165) is 11.3 Å². The van der Waals surface area contributed by atoms with Crippen LogP contribution in [0.4, 0.5) is 0 Å². The second-order valence-electron chi connectivity index (χ2n) is 4.65. The molecule has 0 radical (unpaired) electrons. The minimum Gasteiger partial charge on any atom is -0.497 e. The molecule has 1 unspecified atom stereocenters. The topological polar surface area (TPSA) is 42.7 Å². The number of rotatable bonds is 5. The molecule has 0 saturated carbocycles. The lowest BCUT2D eigenvalue weighted by Gasteiger charge is -2.27. The summed E-state index contributed by atoms with van der Waals surface area (Å²) in [5.41, 5.74) is 1.02. The van der Waals surface area contributed by atoms with Crippen molar-refractivity contribution in [3.63, 3.8) is 0 Å². The van der Waals surface area contributed by atoms with Gasteiger partial charge in [0.2, 0.25) is 0 Å². The number of furan rings is 1. The second kappa shape index (κ2) is 6.80.